The Balaban J connectivity index is 1.12. The molecule has 2 heterocycles. The summed E-state index contributed by atoms with van der Waals surface area (Å²) in [6.45, 7) is 6.30. The van der Waals surface area contributed by atoms with Crippen molar-refractivity contribution in [2.45, 2.75) is 64.8 Å². The molecule has 0 atom stereocenters. The van der Waals surface area contributed by atoms with Crippen molar-refractivity contribution in [1.82, 2.24) is 30.0 Å². The van der Waals surface area contributed by atoms with Crippen LogP contribution in [0.3, 0.4) is 0 Å². The predicted octanol–water partition coefficient (Wildman–Crippen LogP) is 10.7. The highest BCUT2D eigenvalue weighted by atomic mass is 16.5. The summed E-state index contributed by atoms with van der Waals surface area (Å²) in [5.74, 6) is 0.564. The lowest BCUT2D eigenvalue weighted by atomic mass is 9.77. The lowest BCUT2D eigenvalue weighted by molar-refractivity contribution is 0.101. The first-order valence-electron chi connectivity index (χ1n) is 20.0. The quantitative estimate of drug-likeness (QED) is 0.0920. The topological polar surface area (TPSA) is 70.7 Å². The van der Waals surface area contributed by atoms with E-state index in [-0.39, 0.29) is 0 Å². The fourth-order valence-corrected chi connectivity index (χ4v) is 7.89. The van der Waals surface area contributed by atoms with E-state index in [1.54, 1.807) is 4.80 Å². The van der Waals surface area contributed by atoms with Crippen LogP contribution in [0.25, 0.3) is 22.5 Å². The molecule has 0 unspecified atom stereocenters. The molecule has 8 rings (SSSR count). The van der Waals surface area contributed by atoms with Crippen LogP contribution in [0.15, 0.2) is 170 Å². The first-order chi connectivity index (χ1) is 28.2. The number of hydrogen-bond acceptors (Lipinski definition) is 5. The summed E-state index contributed by atoms with van der Waals surface area (Å²) in [5, 5.41) is 19.9. The molecule has 0 saturated heterocycles. The van der Waals surface area contributed by atoms with Gasteiger partial charge in [0.2, 0.25) is 5.82 Å². The van der Waals surface area contributed by atoms with E-state index in [1.807, 2.05) is 30.3 Å². The Labute approximate surface area is 335 Å². The highest BCUT2D eigenvalue weighted by Gasteiger charge is 2.41. The predicted molar refractivity (Wildman–Crippen MR) is 228 cm³/mol. The van der Waals surface area contributed by atoms with Crippen LogP contribution in [0.4, 0.5) is 0 Å². The minimum Gasteiger partial charge on any atom is -0.370 e. The monoisotopic (exact) mass is 748 g/mol. The van der Waals surface area contributed by atoms with Crippen molar-refractivity contribution in [1.29, 1.82) is 0 Å². The fraction of sp³-hybridized carbons (Fsp3) is 0.200. The third-order valence-corrected chi connectivity index (χ3v) is 10.8. The van der Waals surface area contributed by atoms with Gasteiger partial charge in [-0.05, 0) is 63.9 Å². The van der Waals surface area contributed by atoms with E-state index >= 15 is 0 Å². The summed E-state index contributed by atoms with van der Waals surface area (Å²) in [7, 11) is 0. The third kappa shape index (κ3) is 7.84. The van der Waals surface area contributed by atoms with Crippen molar-refractivity contribution >= 4 is 0 Å². The summed E-state index contributed by atoms with van der Waals surface area (Å²) in [5.41, 5.74) is 11.4. The molecule has 0 aliphatic carbocycles. The SMILES string of the molecule is CCCCc1nn(CC)c(COCc2ccccc2)c1Cc1ccc(-c2ccccc2-c2nnn(C(c3ccccc3)(c3ccccc3)c3ccccc3)n2)cc1. The van der Waals surface area contributed by atoms with Crippen molar-refractivity contribution in [3.05, 3.63) is 215 Å². The van der Waals surface area contributed by atoms with Crippen LogP contribution in [-0.2, 0) is 42.9 Å². The molecule has 7 nitrogen and oxygen atoms in total. The first-order valence-corrected chi connectivity index (χ1v) is 20.0. The molecule has 0 aliphatic heterocycles. The number of ether oxygens (including phenoxy) is 1. The highest BCUT2D eigenvalue weighted by Crippen LogP contribution is 2.40. The van der Waals surface area contributed by atoms with Gasteiger partial charge in [0.05, 0.1) is 24.6 Å². The molecule has 0 aliphatic rings. The first kappa shape index (κ1) is 37.5. The number of aromatic nitrogens is 6. The van der Waals surface area contributed by atoms with Crippen molar-refractivity contribution in [3.63, 3.8) is 0 Å². The van der Waals surface area contributed by atoms with E-state index < -0.39 is 5.54 Å². The molecule has 0 amide bonds. The Hall–Kier alpha value is -6.44. The van der Waals surface area contributed by atoms with Gasteiger partial charge in [-0.15, -0.1) is 15.0 Å². The maximum Gasteiger partial charge on any atom is 0.205 e. The maximum atomic E-state index is 6.30. The Morgan fingerprint density at radius 3 is 1.70 bits per heavy atom. The molecular weight excluding hydrogens is 701 g/mol. The molecule has 0 spiro atoms. The second kappa shape index (κ2) is 17.6. The van der Waals surface area contributed by atoms with Crippen LogP contribution in [-0.4, -0.2) is 30.0 Å². The van der Waals surface area contributed by atoms with E-state index in [0.29, 0.717) is 19.0 Å². The van der Waals surface area contributed by atoms with Crippen LogP contribution in [0.5, 0.6) is 0 Å². The minimum atomic E-state index is -0.849. The van der Waals surface area contributed by atoms with Gasteiger partial charge in [0.15, 0.2) is 5.54 Å². The van der Waals surface area contributed by atoms with Gasteiger partial charge in [-0.2, -0.15) is 5.10 Å². The van der Waals surface area contributed by atoms with E-state index in [0.717, 1.165) is 65.6 Å². The standard InChI is InChI=1S/C50H48N6O/c1-3-5-30-47-46(48(55(4-2)52-47)37-57-36-39-20-10-6-11-21-39)35-38-31-33-40(34-32-38)44-28-18-19-29-45(44)49-51-54-56(53-49)50(41-22-12-7-13-23-41,42-24-14-8-15-25-42)43-26-16-9-17-27-43/h6-29,31-34H,3-5,30,35-37H2,1-2H3. The average Bonchev–Trinajstić information content (AvgIpc) is 3.90. The minimum absolute atomic E-state index is 0.524. The summed E-state index contributed by atoms with van der Waals surface area (Å²) in [6.07, 6.45) is 3.99. The molecule has 57 heavy (non-hydrogen) atoms. The molecule has 0 saturated carbocycles. The van der Waals surface area contributed by atoms with Crippen LogP contribution in [0.1, 0.15) is 71.5 Å². The van der Waals surface area contributed by atoms with Crippen LogP contribution >= 0.6 is 0 Å². The Bertz CT molecular complexity index is 2380. The number of benzene rings is 6. The average molecular weight is 749 g/mol. The Morgan fingerprint density at radius 2 is 1.12 bits per heavy atom. The highest BCUT2D eigenvalue weighted by molar-refractivity contribution is 5.80. The number of tetrazole rings is 1. The summed E-state index contributed by atoms with van der Waals surface area (Å²) in [6, 6.07) is 58.9. The molecule has 0 fully saturated rings. The van der Waals surface area contributed by atoms with E-state index in [2.05, 4.69) is 158 Å². The van der Waals surface area contributed by atoms with Crippen molar-refractivity contribution in [2.24, 2.45) is 0 Å². The number of unbranched alkanes of at least 4 members (excludes halogenated alkanes) is 1. The molecule has 0 bridgehead atoms. The van der Waals surface area contributed by atoms with E-state index in [9.17, 15) is 0 Å². The molecule has 0 N–H and O–H groups in total. The molecule has 6 aromatic carbocycles. The summed E-state index contributed by atoms with van der Waals surface area (Å²) >= 11 is 0. The molecule has 2 aromatic heterocycles. The van der Waals surface area contributed by atoms with Gasteiger partial charge >= 0.3 is 0 Å². The van der Waals surface area contributed by atoms with Gasteiger partial charge in [-0.3, -0.25) is 4.68 Å². The number of aryl methyl sites for hydroxylation is 2. The molecular formula is C50H48N6O. The Kier molecular flexibility index (Phi) is 11.6. The van der Waals surface area contributed by atoms with Gasteiger partial charge in [0.25, 0.3) is 0 Å². The molecule has 0 radical (unpaired) electrons. The maximum absolute atomic E-state index is 6.30. The zero-order valence-corrected chi connectivity index (χ0v) is 32.7. The summed E-state index contributed by atoms with van der Waals surface area (Å²) in [4.78, 5) is 1.79. The van der Waals surface area contributed by atoms with Gasteiger partial charge < -0.3 is 4.74 Å². The van der Waals surface area contributed by atoms with Crippen molar-refractivity contribution < 1.29 is 4.74 Å². The number of nitrogens with zero attached hydrogens (tertiary/aromatic N) is 6. The Morgan fingerprint density at radius 1 is 0.561 bits per heavy atom. The molecule has 7 heteroatoms. The normalized spacial score (nSPS) is 11.5. The smallest absolute Gasteiger partial charge is 0.205 e. The van der Waals surface area contributed by atoms with Gasteiger partial charge in [0, 0.05) is 24.1 Å². The lowest BCUT2D eigenvalue weighted by Crippen LogP contribution is -2.39. The summed E-state index contributed by atoms with van der Waals surface area (Å²) < 4.78 is 8.43. The van der Waals surface area contributed by atoms with Crippen LogP contribution < -0.4 is 0 Å². The van der Waals surface area contributed by atoms with Gasteiger partial charge in [0.1, 0.15) is 0 Å². The third-order valence-electron chi connectivity index (χ3n) is 10.8. The zero-order chi connectivity index (χ0) is 38.9. The number of rotatable bonds is 16. The van der Waals surface area contributed by atoms with Crippen molar-refractivity contribution in [3.8, 4) is 22.5 Å². The largest absolute Gasteiger partial charge is 0.370 e. The number of hydrogen-bond donors (Lipinski definition) is 0. The van der Waals surface area contributed by atoms with E-state index in [1.165, 1.54) is 28.1 Å². The molecule has 284 valence electrons. The van der Waals surface area contributed by atoms with Gasteiger partial charge in [-0.1, -0.05) is 183 Å². The second-order valence-corrected chi connectivity index (χ2v) is 14.4. The second-order valence-electron chi connectivity index (χ2n) is 14.4. The lowest BCUT2D eigenvalue weighted by Gasteiger charge is -2.34. The zero-order valence-electron chi connectivity index (χ0n) is 32.7. The molecule has 8 aromatic rings. The van der Waals surface area contributed by atoms with Gasteiger partial charge in [-0.25, -0.2) is 0 Å². The fourth-order valence-electron chi connectivity index (χ4n) is 7.89. The van der Waals surface area contributed by atoms with Crippen LogP contribution in [0, 0.1) is 0 Å². The van der Waals surface area contributed by atoms with Crippen LogP contribution in [0.2, 0.25) is 0 Å². The van der Waals surface area contributed by atoms with E-state index in [4.69, 9.17) is 25.2 Å². The van der Waals surface area contributed by atoms with Crippen molar-refractivity contribution in [2.75, 3.05) is 0 Å².